The normalized spacial score (nSPS) is 19.2. The fraction of sp³-hybridized carbons (Fsp3) is 0.375. The lowest BCUT2D eigenvalue weighted by atomic mass is 10.0. The lowest BCUT2D eigenvalue weighted by Crippen LogP contribution is -2.53. The van der Waals surface area contributed by atoms with E-state index in [9.17, 15) is 14.4 Å². The van der Waals surface area contributed by atoms with Gasteiger partial charge in [0.1, 0.15) is 18.7 Å². The number of nitrogens with one attached hydrogen (secondary N) is 3. The topological polar surface area (TPSA) is 96.5 Å². The Bertz CT molecular complexity index is 912. The molecule has 0 spiro atoms. The summed E-state index contributed by atoms with van der Waals surface area (Å²) in [5.41, 5.74) is 2.26. The standard InChI is InChI=1S/C24H29N3O4/c1-15(2)13-20(24(30)27-22-16(3)31-14-21(22)28)26-23(29)17-9-11-19(12-10-17)25-18-7-5-4-6-8-18/h4-12,15-16,20,22,25H,13-14H2,1-3H3,(H,26,29)(H,27,30)/t16-,20+,22+/m1/s1. The van der Waals surface area contributed by atoms with Gasteiger partial charge in [0.15, 0.2) is 5.78 Å². The van der Waals surface area contributed by atoms with Crippen molar-refractivity contribution in [1.82, 2.24) is 10.6 Å². The molecule has 2 amide bonds. The number of carbonyl (C=O) groups is 3. The Morgan fingerprint density at radius 1 is 1.03 bits per heavy atom. The SMILES string of the molecule is CC(C)C[C@H](NC(=O)c1ccc(Nc2ccccc2)cc1)C(=O)N[C@@H]1C(=O)CO[C@@H]1C. The van der Waals surface area contributed by atoms with E-state index in [0.717, 1.165) is 11.4 Å². The molecule has 2 aromatic carbocycles. The van der Waals surface area contributed by atoms with Gasteiger partial charge in [-0.1, -0.05) is 32.0 Å². The van der Waals surface area contributed by atoms with Gasteiger partial charge in [0.05, 0.1) is 6.10 Å². The fourth-order valence-corrected chi connectivity index (χ4v) is 3.45. The number of ether oxygens (including phenoxy) is 1. The summed E-state index contributed by atoms with van der Waals surface area (Å²) in [7, 11) is 0. The van der Waals surface area contributed by atoms with Crippen LogP contribution in [0.5, 0.6) is 0 Å². The summed E-state index contributed by atoms with van der Waals surface area (Å²) in [6.45, 7) is 5.69. The maximum absolute atomic E-state index is 12.8. The highest BCUT2D eigenvalue weighted by Gasteiger charge is 2.35. The van der Waals surface area contributed by atoms with Crippen molar-refractivity contribution in [3.63, 3.8) is 0 Å². The van der Waals surface area contributed by atoms with Crippen molar-refractivity contribution in [2.75, 3.05) is 11.9 Å². The first kappa shape index (κ1) is 22.5. The van der Waals surface area contributed by atoms with Crippen LogP contribution in [0, 0.1) is 5.92 Å². The molecule has 1 aliphatic rings. The van der Waals surface area contributed by atoms with Crippen LogP contribution in [-0.4, -0.2) is 42.4 Å². The Balaban J connectivity index is 1.64. The molecule has 7 nitrogen and oxygen atoms in total. The van der Waals surface area contributed by atoms with E-state index in [1.54, 1.807) is 19.1 Å². The summed E-state index contributed by atoms with van der Waals surface area (Å²) in [5.74, 6) is -0.687. The third kappa shape index (κ3) is 6.15. The van der Waals surface area contributed by atoms with Crippen LogP contribution >= 0.6 is 0 Å². The van der Waals surface area contributed by atoms with Crippen LogP contribution < -0.4 is 16.0 Å². The molecular formula is C24H29N3O4. The van der Waals surface area contributed by atoms with Crippen molar-refractivity contribution in [1.29, 1.82) is 0 Å². The maximum Gasteiger partial charge on any atom is 0.251 e. The highest BCUT2D eigenvalue weighted by Crippen LogP contribution is 2.17. The molecule has 3 atom stereocenters. The average Bonchev–Trinajstić information content (AvgIpc) is 3.06. The van der Waals surface area contributed by atoms with Crippen LogP contribution in [0.1, 0.15) is 37.6 Å². The van der Waals surface area contributed by atoms with E-state index >= 15 is 0 Å². The van der Waals surface area contributed by atoms with Crippen LogP contribution in [-0.2, 0) is 14.3 Å². The van der Waals surface area contributed by atoms with E-state index < -0.39 is 12.1 Å². The van der Waals surface area contributed by atoms with E-state index in [-0.39, 0.29) is 36.2 Å². The predicted molar refractivity (Wildman–Crippen MR) is 119 cm³/mol. The van der Waals surface area contributed by atoms with Gasteiger partial charge >= 0.3 is 0 Å². The molecule has 3 N–H and O–H groups in total. The molecule has 0 saturated carbocycles. The molecule has 0 aromatic heterocycles. The van der Waals surface area contributed by atoms with Crippen LogP contribution in [0.4, 0.5) is 11.4 Å². The van der Waals surface area contributed by atoms with Crippen molar-refractivity contribution < 1.29 is 19.1 Å². The molecule has 1 heterocycles. The molecule has 1 fully saturated rings. The van der Waals surface area contributed by atoms with E-state index in [2.05, 4.69) is 16.0 Å². The number of benzene rings is 2. The number of Topliss-reactive ketones (excluding diaryl/α,β-unsaturated/α-hetero) is 1. The van der Waals surface area contributed by atoms with Gasteiger partial charge in [-0.25, -0.2) is 0 Å². The number of hydrogen-bond donors (Lipinski definition) is 3. The zero-order valence-electron chi connectivity index (χ0n) is 18.1. The molecule has 0 unspecified atom stereocenters. The summed E-state index contributed by atoms with van der Waals surface area (Å²) >= 11 is 0. The molecule has 3 rings (SSSR count). The van der Waals surface area contributed by atoms with Crippen molar-refractivity contribution >= 4 is 29.0 Å². The predicted octanol–water partition coefficient (Wildman–Crippen LogP) is 3.05. The van der Waals surface area contributed by atoms with Gasteiger partial charge in [0, 0.05) is 16.9 Å². The molecule has 0 radical (unpaired) electrons. The molecular weight excluding hydrogens is 394 g/mol. The van der Waals surface area contributed by atoms with Gasteiger partial charge in [0.25, 0.3) is 5.91 Å². The van der Waals surface area contributed by atoms with Gasteiger partial charge in [-0.3, -0.25) is 14.4 Å². The number of rotatable bonds is 8. The molecule has 7 heteroatoms. The Labute approximate surface area is 182 Å². The third-order valence-electron chi connectivity index (χ3n) is 5.14. The fourth-order valence-electron chi connectivity index (χ4n) is 3.45. The average molecular weight is 424 g/mol. The van der Waals surface area contributed by atoms with E-state index in [4.69, 9.17) is 4.74 Å². The molecule has 164 valence electrons. The van der Waals surface area contributed by atoms with Crippen molar-refractivity contribution in [2.45, 2.75) is 45.4 Å². The summed E-state index contributed by atoms with van der Waals surface area (Å²) < 4.78 is 5.29. The summed E-state index contributed by atoms with van der Waals surface area (Å²) in [5, 5.41) is 8.82. The Kier molecular flexibility index (Phi) is 7.41. The van der Waals surface area contributed by atoms with Crippen LogP contribution in [0.2, 0.25) is 0 Å². The van der Waals surface area contributed by atoms with Gasteiger partial charge < -0.3 is 20.7 Å². The first-order valence-corrected chi connectivity index (χ1v) is 10.5. The molecule has 1 saturated heterocycles. The first-order chi connectivity index (χ1) is 14.8. The Morgan fingerprint density at radius 2 is 1.68 bits per heavy atom. The van der Waals surface area contributed by atoms with Crippen LogP contribution in [0.15, 0.2) is 54.6 Å². The van der Waals surface area contributed by atoms with Crippen LogP contribution in [0.25, 0.3) is 0 Å². The van der Waals surface area contributed by atoms with E-state index in [1.165, 1.54) is 0 Å². The first-order valence-electron chi connectivity index (χ1n) is 10.5. The number of amides is 2. The number of anilines is 2. The van der Waals surface area contributed by atoms with Gasteiger partial charge in [-0.2, -0.15) is 0 Å². The zero-order valence-corrected chi connectivity index (χ0v) is 18.1. The molecule has 0 aliphatic carbocycles. The van der Waals surface area contributed by atoms with Crippen molar-refractivity contribution in [3.8, 4) is 0 Å². The summed E-state index contributed by atoms with van der Waals surface area (Å²) in [6.07, 6.45) is 0.0815. The number of ketones is 1. The minimum absolute atomic E-state index is 0.00329. The Hall–Kier alpha value is -3.19. The minimum Gasteiger partial charge on any atom is -0.368 e. The summed E-state index contributed by atoms with van der Waals surface area (Å²) in [6, 6.07) is 15.4. The third-order valence-corrected chi connectivity index (χ3v) is 5.14. The Morgan fingerprint density at radius 3 is 2.26 bits per heavy atom. The number of carbonyl (C=O) groups excluding carboxylic acids is 3. The lowest BCUT2D eigenvalue weighted by Gasteiger charge is -2.23. The number of para-hydroxylation sites is 1. The minimum atomic E-state index is -0.741. The van der Waals surface area contributed by atoms with E-state index in [0.29, 0.717) is 12.0 Å². The summed E-state index contributed by atoms with van der Waals surface area (Å²) in [4.78, 5) is 37.5. The monoisotopic (exact) mass is 423 g/mol. The van der Waals surface area contributed by atoms with Crippen LogP contribution in [0.3, 0.4) is 0 Å². The van der Waals surface area contributed by atoms with Crippen molar-refractivity contribution in [2.24, 2.45) is 5.92 Å². The number of hydrogen-bond acceptors (Lipinski definition) is 5. The van der Waals surface area contributed by atoms with Gasteiger partial charge in [-0.15, -0.1) is 0 Å². The largest absolute Gasteiger partial charge is 0.368 e. The zero-order chi connectivity index (χ0) is 22.4. The molecule has 31 heavy (non-hydrogen) atoms. The second-order valence-corrected chi connectivity index (χ2v) is 8.19. The lowest BCUT2D eigenvalue weighted by molar-refractivity contribution is -0.127. The smallest absolute Gasteiger partial charge is 0.251 e. The maximum atomic E-state index is 12.8. The second-order valence-electron chi connectivity index (χ2n) is 8.19. The van der Waals surface area contributed by atoms with Crippen molar-refractivity contribution in [3.05, 3.63) is 60.2 Å². The highest BCUT2D eigenvalue weighted by molar-refractivity contribution is 5.99. The molecule has 2 aromatic rings. The van der Waals surface area contributed by atoms with Gasteiger partial charge in [-0.05, 0) is 55.7 Å². The second kappa shape index (κ2) is 10.2. The molecule has 1 aliphatic heterocycles. The van der Waals surface area contributed by atoms with E-state index in [1.807, 2.05) is 56.3 Å². The van der Waals surface area contributed by atoms with Gasteiger partial charge in [0.2, 0.25) is 5.91 Å². The quantitative estimate of drug-likeness (QED) is 0.606. The highest BCUT2D eigenvalue weighted by atomic mass is 16.5. The molecule has 0 bridgehead atoms.